The van der Waals surface area contributed by atoms with Gasteiger partial charge in [-0.2, -0.15) is 0 Å². The molecule has 0 bridgehead atoms. The topological polar surface area (TPSA) is 96.4 Å². The minimum absolute atomic E-state index is 0.0638. The number of carbonyl (C=O) groups is 1. The fraction of sp³-hybridized carbons (Fsp3) is 0.400. The van der Waals surface area contributed by atoms with Gasteiger partial charge in [0.25, 0.3) is 0 Å². The second-order valence-electron chi connectivity index (χ2n) is 3.65. The van der Waals surface area contributed by atoms with Crippen LogP contribution in [-0.4, -0.2) is 29.7 Å². The summed E-state index contributed by atoms with van der Waals surface area (Å²) < 4.78 is 25.4. The molecule has 1 heterocycles. The lowest BCUT2D eigenvalue weighted by Crippen LogP contribution is -2.37. The van der Waals surface area contributed by atoms with Crippen molar-refractivity contribution in [2.75, 3.05) is 0 Å². The smallest absolute Gasteiger partial charge is 0.323 e. The lowest BCUT2D eigenvalue weighted by Gasteiger charge is -2.11. The molecule has 1 aromatic rings. The SMILES string of the molecule is Cc1cnccc1CNS(=O)(=O)C(C)C(=O)O. The summed E-state index contributed by atoms with van der Waals surface area (Å²) >= 11 is 0. The third-order valence-electron chi connectivity index (χ3n) is 2.41. The zero-order chi connectivity index (χ0) is 13.1. The van der Waals surface area contributed by atoms with Crippen molar-refractivity contribution in [3.63, 3.8) is 0 Å². The summed E-state index contributed by atoms with van der Waals surface area (Å²) in [7, 11) is -3.84. The molecule has 7 heteroatoms. The van der Waals surface area contributed by atoms with Crippen LogP contribution < -0.4 is 4.72 Å². The van der Waals surface area contributed by atoms with Crippen LogP contribution in [0.4, 0.5) is 0 Å². The molecule has 1 rings (SSSR count). The first kappa shape index (κ1) is 13.6. The molecule has 17 heavy (non-hydrogen) atoms. The highest BCUT2D eigenvalue weighted by atomic mass is 32.2. The van der Waals surface area contributed by atoms with Crippen molar-refractivity contribution in [3.8, 4) is 0 Å². The number of sulfonamides is 1. The first-order chi connectivity index (χ1) is 7.84. The number of carboxylic acids is 1. The zero-order valence-corrected chi connectivity index (χ0v) is 10.4. The van der Waals surface area contributed by atoms with E-state index in [1.165, 1.54) is 0 Å². The molecule has 0 amide bonds. The van der Waals surface area contributed by atoms with E-state index in [2.05, 4.69) is 9.71 Å². The maximum absolute atomic E-state index is 11.5. The maximum atomic E-state index is 11.5. The van der Waals surface area contributed by atoms with Crippen LogP contribution in [0, 0.1) is 6.92 Å². The van der Waals surface area contributed by atoms with E-state index in [-0.39, 0.29) is 6.54 Å². The van der Waals surface area contributed by atoms with Gasteiger partial charge in [-0.05, 0) is 31.0 Å². The number of pyridine rings is 1. The summed E-state index contributed by atoms with van der Waals surface area (Å²) in [4.78, 5) is 14.5. The van der Waals surface area contributed by atoms with Crippen molar-refractivity contribution < 1.29 is 18.3 Å². The number of nitrogens with one attached hydrogen (secondary N) is 1. The van der Waals surface area contributed by atoms with Crippen LogP contribution >= 0.6 is 0 Å². The largest absolute Gasteiger partial charge is 0.480 e. The van der Waals surface area contributed by atoms with Gasteiger partial charge in [-0.15, -0.1) is 0 Å². The Morgan fingerprint density at radius 1 is 1.59 bits per heavy atom. The van der Waals surface area contributed by atoms with E-state index in [0.717, 1.165) is 18.1 Å². The molecule has 0 aliphatic heterocycles. The highest BCUT2D eigenvalue weighted by Gasteiger charge is 2.27. The Hall–Kier alpha value is -1.47. The van der Waals surface area contributed by atoms with E-state index in [0.29, 0.717) is 0 Å². The number of hydrogen-bond acceptors (Lipinski definition) is 4. The quantitative estimate of drug-likeness (QED) is 0.791. The van der Waals surface area contributed by atoms with Crippen molar-refractivity contribution in [2.45, 2.75) is 25.6 Å². The number of nitrogens with zero attached hydrogens (tertiary/aromatic N) is 1. The summed E-state index contributed by atoms with van der Waals surface area (Å²) in [6.45, 7) is 3.00. The van der Waals surface area contributed by atoms with Crippen LogP contribution in [0.25, 0.3) is 0 Å². The highest BCUT2D eigenvalue weighted by molar-refractivity contribution is 7.90. The second-order valence-corrected chi connectivity index (χ2v) is 5.73. The van der Waals surface area contributed by atoms with Crippen LogP contribution in [0.1, 0.15) is 18.1 Å². The van der Waals surface area contributed by atoms with Gasteiger partial charge in [-0.25, -0.2) is 13.1 Å². The summed E-state index contributed by atoms with van der Waals surface area (Å²) in [6, 6.07) is 1.68. The van der Waals surface area contributed by atoms with Gasteiger partial charge in [0, 0.05) is 18.9 Å². The lowest BCUT2D eigenvalue weighted by atomic mass is 10.2. The molecular formula is C10H14N2O4S. The van der Waals surface area contributed by atoms with Crippen LogP contribution in [0.15, 0.2) is 18.5 Å². The maximum Gasteiger partial charge on any atom is 0.323 e. The number of rotatable bonds is 5. The Balaban J connectivity index is 2.75. The minimum atomic E-state index is -3.84. The van der Waals surface area contributed by atoms with E-state index in [1.807, 2.05) is 0 Å². The van der Waals surface area contributed by atoms with Gasteiger partial charge in [-0.1, -0.05) is 0 Å². The van der Waals surface area contributed by atoms with Gasteiger partial charge >= 0.3 is 5.97 Å². The van der Waals surface area contributed by atoms with Crippen molar-refractivity contribution in [2.24, 2.45) is 0 Å². The first-order valence-electron chi connectivity index (χ1n) is 4.95. The third kappa shape index (κ3) is 3.50. The molecule has 0 aliphatic carbocycles. The molecular weight excluding hydrogens is 244 g/mol. The Labute approximate surface area is 99.7 Å². The molecule has 0 aliphatic rings. The molecule has 1 atom stereocenters. The van der Waals surface area contributed by atoms with Gasteiger partial charge in [0.2, 0.25) is 10.0 Å². The number of aromatic nitrogens is 1. The molecule has 0 radical (unpaired) electrons. The predicted octanol–water partition coefficient (Wildman–Crippen LogP) is 0.283. The second kappa shape index (κ2) is 5.24. The number of hydrogen-bond donors (Lipinski definition) is 2. The molecule has 0 saturated carbocycles. The van der Waals surface area contributed by atoms with E-state index >= 15 is 0 Å². The fourth-order valence-corrected chi connectivity index (χ4v) is 2.01. The Bertz CT molecular complexity index is 513. The fourth-order valence-electron chi connectivity index (χ4n) is 1.14. The normalized spacial score (nSPS) is 13.3. The summed E-state index contributed by atoms with van der Waals surface area (Å²) in [5, 5.41) is 7.17. The van der Waals surface area contributed by atoms with E-state index in [9.17, 15) is 13.2 Å². The molecule has 1 aromatic heterocycles. The van der Waals surface area contributed by atoms with Gasteiger partial charge in [0.15, 0.2) is 5.25 Å². The van der Waals surface area contributed by atoms with Gasteiger partial charge in [-0.3, -0.25) is 9.78 Å². The Morgan fingerprint density at radius 3 is 2.76 bits per heavy atom. The minimum Gasteiger partial charge on any atom is -0.480 e. The molecule has 94 valence electrons. The molecule has 6 nitrogen and oxygen atoms in total. The van der Waals surface area contributed by atoms with Crippen LogP contribution in [-0.2, 0) is 21.4 Å². The first-order valence-corrected chi connectivity index (χ1v) is 6.50. The number of aryl methyl sites for hydroxylation is 1. The van der Waals surface area contributed by atoms with Gasteiger partial charge < -0.3 is 5.11 Å². The van der Waals surface area contributed by atoms with E-state index in [4.69, 9.17) is 5.11 Å². The average molecular weight is 258 g/mol. The molecule has 1 unspecified atom stereocenters. The molecule has 0 saturated heterocycles. The van der Waals surface area contributed by atoms with Crippen LogP contribution in [0.3, 0.4) is 0 Å². The number of aliphatic carboxylic acids is 1. The third-order valence-corrected chi connectivity index (χ3v) is 4.09. The molecule has 2 N–H and O–H groups in total. The van der Waals surface area contributed by atoms with Crippen LogP contribution in [0.2, 0.25) is 0 Å². The molecule has 0 fully saturated rings. The van der Waals surface area contributed by atoms with Crippen molar-refractivity contribution >= 4 is 16.0 Å². The van der Waals surface area contributed by atoms with Crippen molar-refractivity contribution in [1.29, 1.82) is 0 Å². The van der Waals surface area contributed by atoms with E-state index < -0.39 is 21.2 Å². The van der Waals surface area contributed by atoms with E-state index in [1.54, 1.807) is 25.4 Å². The summed E-state index contributed by atoms with van der Waals surface area (Å²) in [5.41, 5.74) is 1.61. The Kier molecular flexibility index (Phi) is 4.19. The monoisotopic (exact) mass is 258 g/mol. The average Bonchev–Trinajstić information content (AvgIpc) is 2.27. The highest BCUT2D eigenvalue weighted by Crippen LogP contribution is 2.06. The van der Waals surface area contributed by atoms with Crippen molar-refractivity contribution in [3.05, 3.63) is 29.6 Å². The Morgan fingerprint density at radius 2 is 2.24 bits per heavy atom. The zero-order valence-electron chi connectivity index (χ0n) is 9.54. The van der Waals surface area contributed by atoms with Crippen LogP contribution in [0.5, 0.6) is 0 Å². The standard InChI is InChI=1S/C10H14N2O4S/c1-7-5-11-4-3-9(7)6-12-17(15,16)8(2)10(13)14/h3-5,8,12H,6H2,1-2H3,(H,13,14). The molecule has 0 aromatic carbocycles. The molecule has 0 spiro atoms. The number of carboxylic acid groups (broad SMARTS) is 1. The summed E-state index contributed by atoms with van der Waals surface area (Å²) in [5.74, 6) is -1.37. The summed E-state index contributed by atoms with van der Waals surface area (Å²) in [6.07, 6.45) is 3.17. The van der Waals surface area contributed by atoms with Gasteiger partial charge in [0.05, 0.1) is 0 Å². The van der Waals surface area contributed by atoms with Gasteiger partial charge in [0.1, 0.15) is 0 Å². The lowest BCUT2D eigenvalue weighted by molar-refractivity contribution is -0.136. The van der Waals surface area contributed by atoms with Crippen molar-refractivity contribution in [1.82, 2.24) is 9.71 Å². The predicted molar refractivity (Wildman–Crippen MR) is 61.8 cm³/mol.